The maximum absolute atomic E-state index is 12.1. The molecule has 1 aromatic heterocycles. The normalized spacial score (nSPS) is 11.2. The Hall–Kier alpha value is -2.65. The second-order valence-electron chi connectivity index (χ2n) is 5.18. The molecular weight excluding hydrogens is 348 g/mol. The highest BCUT2D eigenvalue weighted by molar-refractivity contribution is 7.89. The van der Waals surface area contributed by atoms with Crippen LogP contribution in [0.15, 0.2) is 40.8 Å². The summed E-state index contributed by atoms with van der Waals surface area (Å²) in [6, 6.07) is 9.26. The molecule has 3 N–H and O–H groups in total. The fourth-order valence-corrected chi connectivity index (χ4v) is 2.52. The molecule has 0 aliphatic carbocycles. The number of rotatable bonds is 8. The van der Waals surface area contributed by atoms with Gasteiger partial charge in [-0.2, -0.15) is 0 Å². The van der Waals surface area contributed by atoms with Crippen LogP contribution in [0.25, 0.3) is 0 Å². The Bertz CT molecular complexity index is 855. The lowest BCUT2D eigenvalue weighted by molar-refractivity contribution is 0.0660. The number of carbonyl (C=O) groups is 2. The molecular formula is C16H18N2O6S. The lowest BCUT2D eigenvalue weighted by Crippen LogP contribution is -2.25. The zero-order chi connectivity index (χ0) is 18.4. The summed E-state index contributed by atoms with van der Waals surface area (Å²) >= 11 is 0. The van der Waals surface area contributed by atoms with Crippen molar-refractivity contribution in [3.63, 3.8) is 0 Å². The molecule has 25 heavy (non-hydrogen) atoms. The van der Waals surface area contributed by atoms with Gasteiger partial charge in [0.2, 0.25) is 15.8 Å². The Morgan fingerprint density at radius 2 is 1.76 bits per heavy atom. The zero-order valence-electron chi connectivity index (χ0n) is 13.5. The number of carboxylic acid groups (broad SMARTS) is 1. The van der Waals surface area contributed by atoms with Gasteiger partial charge in [0.25, 0.3) is 5.91 Å². The minimum absolute atomic E-state index is 0.00383. The fraction of sp³-hybridized carbons (Fsp3) is 0.250. The topological polar surface area (TPSA) is 126 Å². The molecule has 134 valence electrons. The second kappa shape index (κ2) is 7.95. The average molecular weight is 366 g/mol. The molecule has 9 heteroatoms. The van der Waals surface area contributed by atoms with Crippen LogP contribution in [-0.2, 0) is 23.1 Å². The van der Waals surface area contributed by atoms with Gasteiger partial charge in [-0.05, 0) is 36.8 Å². The molecule has 0 saturated carbocycles. The molecule has 8 nitrogen and oxygen atoms in total. The third kappa shape index (κ3) is 5.44. The van der Waals surface area contributed by atoms with Gasteiger partial charge in [0, 0.05) is 12.1 Å². The predicted molar refractivity (Wildman–Crippen MR) is 89.6 cm³/mol. The van der Waals surface area contributed by atoms with Crippen molar-refractivity contribution in [3.8, 4) is 0 Å². The van der Waals surface area contributed by atoms with Crippen LogP contribution >= 0.6 is 0 Å². The van der Waals surface area contributed by atoms with Crippen molar-refractivity contribution in [3.05, 3.63) is 59.0 Å². The number of furan rings is 1. The number of sulfonamides is 1. The van der Waals surface area contributed by atoms with E-state index < -0.39 is 16.0 Å². The van der Waals surface area contributed by atoms with Crippen molar-refractivity contribution in [2.45, 2.75) is 20.0 Å². The van der Waals surface area contributed by atoms with Crippen LogP contribution in [0.1, 0.15) is 39.2 Å². The van der Waals surface area contributed by atoms with Crippen LogP contribution in [0, 0.1) is 0 Å². The predicted octanol–water partition coefficient (Wildman–Crippen LogP) is 1.35. The number of hydrogen-bond donors (Lipinski definition) is 3. The SMILES string of the molecule is CCS(=O)(=O)NCc1ccc(C(=O)NCc2ccc(C(=O)O)o2)cc1. The van der Waals surface area contributed by atoms with Gasteiger partial charge in [-0.25, -0.2) is 17.9 Å². The Morgan fingerprint density at radius 3 is 2.32 bits per heavy atom. The van der Waals surface area contributed by atoms with Gasteiger partial charge in [0.15, 0.2) is 0 Å². The fourth-order valence-electron chi connectivity index (χ4n) is 1.93. The number of amides is 1. The molecule has 0 spiro atoms. The van der Waals surface area contributed by atoms with Gasteiger partial charge in [-0.15, -0.1) is 0 Å². The summed E-state index contributed by atoms with van der Waals surface area (Å²) in [4.78, 5) is 22.8. The molecule has 2 aromatic rings. The lowest BCUT2D eigenvalue weighted by Gasteiger charge is -2.06. The van der Waals surface area contributed by atoms with Gasteiger partial charge in [0.1, 0.15) is 5.76 Å². The van der Waals surface area contributed by atoms with E-state index in [1.54, 1.807) is 31.2 Å². The van der Waals surface area contributed by atoms with Gasteiger partial charge < -0.3 is 14.8 Å². The van der Waals surface area contributed by atoms with Gasteiger partial charge in [-0.1, -0.05) is 12.1 Å². The number of benzene rings is 1. The van der Waals surface area contributed by atoms with Crippen LogP contribution in [-0.4, -0.2) is 31.2 Å². The summed E-state index contributed by atoms with van der Waals surface area (Å²) in [5, 5.41) is 11.4. The lowest BCUT2D eigenvalue weighted by atomic mass is 10.1. The van der Waals surface area contributed by atoms with Crippen molar-refractivity contribution in [2.75, 3.05) is 5.75 Å². The Morgan fingerprint density at radius 1 is 1.08 bits per heavy atom. The molecule has 0 radical (unpaired) electrons. The maximum atomic E-state index is 12.1. The quantitative estimate of drug-likeness (QED) is 0.647. The smallest absolute Gasteiger partial charge is 0.371 e. The molecule has 1 aromatic carbocycles. The summed E-state index contributed by atoms with van der Waals surface area (Å²) in [5.74, 6) is -1.38. The number of carbonyl (C=O) groups excluding carboxylic acids is 1. The summed E-state index contributed by atoms with van der Waals surface area (Å²) < 4.78 is 30.3. The van der Waals surface area contributed by atoms with E-state index >= 15 is 0 Å². The number of nitrogens with one attached hydrogen (secondary N) is 2. The van der Waals surface area contributed by atoms with E-state index in [1.165, 1.54) is 12.1 Å². The van der Waals surface area contributed by atoms with Crippen molar-refractivity contribution < 1.29 is 27.5 Å². The first-order chi connectivity index (χ1) is 11.8. The first-order valence-corrected chi connectivity index (χ1v) is 9.12. The highest BCUT2D eigenvalue weighted by Crippen LogP contribution is 2.09. The number of hydrogen-bond acceptors (Lipinski definition) is 5. The zero-order valence-corrected chi connectivity index (χ0v) is 14.3. The Balaban J connectivity index is 1.90. The van der Waals surface area contributed by atoms with Crippen LogP contribution < -0.4 is 10.0 Å². The van der Waals surface area contributed by atoms with E-state index in [4.69, 9.17) is 9.52 Å². The second-order valence-corrected chi connectivity index (χ2v) is 7.27. The van der Waals surface area contributed by atoms with Crippen molar-refractivity contribution in [2.24, 2.45) is 0 Å². The summed E-state index contributed by atoms with van der Waals surface area (Å²) in [6.45, 7) is 1.76. The summed E-state index contributed by atoms with van der Waals surface area (Å²) in [6.07, 6.45) is 0. The van der Waals surface area contributed by atoms with E-state index in [-0.39, 0.29) is 30.5 Å². The molecule has 2 rings (SSSR count). The molecule has 0 atom stereocenters. The van der Waals surface area contributed by atoms with Gasteiger partial charge >= 0.3 is 5.97 Å². The molecule has 1 heterocycles. The Labute approximate surface area is 144 Å². The van der Waals surface area contributed by atoms with Gasteiger partial charge in [0.05, 0.1) is 12.3 Å². The number of aromatic carboxylic acids is 1. The first kappa shape index (κ1) is 18.7. The monoisotopic (exact) mass is 366 g/mol. The third-order valence-corrected chi connectivity index (χ3v) is 4.73. The molecule has 0 saturated heterocycles. The molecule has 0 aliphatic rings. The molecule has 0 fully saturated rings. The maximum Gasteiger partial charge on any atom is 0.371 e. The highest BCUT2D eigenvalue weighted by Gasteiger charge is 2.11. The van der Waals surface area contributed by atoms with E-state index in [2.05, 4.69) is 10.0 Å². The van der Waals surface area contributed by atoms with E-state index in [0.717, 1.165) is 5.56 Å². The molecule has 0 aliphatic heterocycles. The minimum atomic E-state index is -3.27. The summed E-state index contributed by atoms with van der Waals surface area (Å²) in [5.41, 5.74) is 1.12. The highest BCUT2D eigenvalue weighted by atomic mass is 32.2. The van der Waals surface area contributed by atoms with Crippen LogP contribution in [0.4, 0.5) is 0 Å². The van der Waals surface area contributed by atoms with E-state index in [9.17, 15) is 18.0 Å². The average Bonchev–Trinajstić information content (AvgIpc) is 3.08. The van der Waals surface area contributed by atoms with Crippen LogP contribution in [0.2, 0.25) is 0 Å². The summed E-state index contributed by atoms with van der Waals surface area (Å²) in [7, 11) is -3.27. The van der Waals surface area contributed by atoms with Crippen LogP contribution in [0.3, 0.4) is 0 Å². The Kier molecular flexibility index (Phi) is 5.94. The van der Waals surface area contributed by atoms with E-state index in [0.29, 0.717) is 11.3 Å². The third-order valence-electron chi connectivity index (χ3n) is 3.39. The van der Waals surface area contributed by atoms with Crippen LogP contribution in [0.5, 0.6) is 0 Å². The molecule has 0 bridgehead atoms. The number of carboxylic acids is 1. The van der Waals surface area contributed by atoms with Crippen molar-refractivity contribution >= 4 is 21.9 Å². The molecule has 1 amide bonds. The minimum Gasteiger partial charge on any atom is -0.475 e. The largest absolute Gasteiger partial charge is 0.475 e. The van der Waals surface area contributed by atoms with Crippen molar-refractivity contribution in [1.82, 2.24) is 10.0 Å². The molecule has 0 unspecified atom stereocenters. The first-order valence-electron chi connectivity index (χ1n) is 7.47. The van der Waals surface area contributed by atoms with Crippen molar-refractivity contribution in [1.29, 1.82) is 0 Å². The standard InChI is InChI=1S/C16H18N2O6S/c1-2-25(22,23)18-9-11-3-5-12(6-4-11)15(19)17-10-13-7-8-14(24-13)16(20)21/h3-8,18H,2,9-10H2,1H3,(H,17,19)(H,20,21). The van der Waals surface area contributed by atoms with E-state index in [1.807, 2.05) is 0 Å². The van der Waals surface area contributed by atoms with Gasteiger partial charge in [-0.3, -0.25) is 4.79 Å².